The molecule has 2 heterocycles. The van der Waals surface area contributed by atoms with Crippen molar-refractivity contribution >= 4 is 50.3 Å². The average molecular weight is 376 g/mol. The van der Waals surface area contributed by atoms with E-state index >= 15 is 0 Å². The lowest BCUT2D eigenvalue weighted by Crippen LogP contribution is -2.24. The first kappa shape index (κ1) is 17.4. The van der Waals surface area contributed by atoms with Crippen LogP contribution in [0.25, 0.3) is 10.2 Å². The number of thioether (sulfide) groups is 1. The van der Waals surface area contributed by atoms with Gasteiger partial charge < -0.3 is 15.8 Å². The fourth-order valence-electron chi connectivity index (χ4n) is 2.07. The largest absolute Gasteiger partial charge is 0.497 e. The van der Waals surface area contributed by atoms with Gasteiger partial charge in [0, 0.05) is 0 Å². The maximum Gasteiger partial charge on any atom is 0.239 e. The van der Waals surface area contributed by atoms with Crippen molar-refractivity contribution < 1.29 is 9.53 Å². The molecule has 2 aromatic heterocycles. The minimum Gasteiger partial charge on any atom is -0.497 e. The van der Waals surface area contributed by atoms with Crippen LogP contribution in [0.3, 0.4) is 0 Å². The van der Waals surface area contributed by atoms with Crippen molar-refractivity contribution in [2.45, 2.75) is 23.8 Å². The number of nitrogens with two attached hydrogens (primary N) is 1. The smallest absolute Gasteiger partial charge is 0.239 e. The summed E-state index contributed by atoms with van der Waals surface area (Å²) in [5.74, 6) is 0.730. The van der Waals surface area contributed by atoms with E-state index in [0.29, 0.717) is 16.7 Å². The molecule has 1 unspecified atom stereocenters. The van der Waals surface area contributed by atoms with E-state index in [0.717, 1.165) is 16.0 Å². The Bertz CT molecular complexity index is 901. The molecule has 1 atom stereocenters. The van der Waals surface area contributed by atoms with E-state index in [4.69, 9.17) is 10.5 Å². The van der Waals surface area contributed by atoms with Gasteiger partial charge in [-0.1, -0.05) is 30.0 Å². The summed E-state index contributed by atoms with van der Waals surface area (Å²) in [5, 5.41) is 3.46. The van der Waals surface area contributed by atoms with Crippen molar-refractivity contribution in [1.82, 2.24) is 19.9 Å². The van der Waals surface area contributed by atoms with Crippen molar-refractivity contribution in [3.8, 4) is 5.75 Å². The molecule has 1 aromatic carbocycles. The molecule has 0 aliphatic carbocycles. The van der Waals surface area contributed by atoms with E-state index in [1.165, 1.54) is 29.4 Å². The maximum atomic E-state index is 12.5. The molecule has 8 nitrogen and oxygen atoms in total. The lowest BCUT2D eigenvalue weighted by atomic mass is 10.3. The molecule has 25 heavy (non-hydrogen) atoms. The summed E-state index contributed by atoms with van der Waals surface area (Å²) >= 11 is 2.64. The first-order chi connectivity index (χ1) is 12.1. The van der Waals surface area contributed by atoms with Gasteiger partial charge in [-0.25, -0.2) is 15.0 Å². The van der Waals surface area contributed by atoms with E-state index in [-0.39, 0.29) is 17.1 Å². The number of nitrogens with one attached hydrogen (secondary N) is 1. The zero-order valence-electron chi connectivity index (χ0n) is 13.6. The highest BCUT2D eigenvalue weighted by atomic mass is 32.2. The molecule has 0 saturated heterocycles. The fraction of sp³-hybridized carbons (Fsp3) is 0.267. The number of fused-ring (bicyclic) bond motifs is 1. The lowest BCUT2D eigenvalue weighted by Gasteiger charge is -2.12. The number of ether oxygens (including phenoxy) is 1. The van der Waals surface area contributed by atoms with Crippen molar-refractivity contribution in [3.63, 3.8) is 0 Å². The summed E-state index contributed by atoms with van der Waals surface area (Å²) in [4.78, 5) is 28.8. The number of rotatable bonds is 6. The highest BCUT2D eigenvalue weighted by Crippen LogP contribution is 2.30. The topological polar surface area (TPSA) is 116 Å². The molecule has 0 radical (unpaired) electrons. The SMILES string of the molecule is CCC(Sc1ncnc(N)n1)C(=O)Nc1nc2ccc(OC)cc2s1. The Kier molecular flexibility index (Phi) is 5.29. The van der Waals surface area contributed by atoms with Gasteiger partial charge in [-0.15, -0.1) is 0 Å². The third kappa shape index (κ3) is 4.15. The van der Waals surface area contributed by atoms with Crippen LogP contribution < -0.4 is 15.8 Å². The third-order valence-corrected chi connectivity index (χ3v) is 5.48. The highest BCUT2D eigenvalue weighted by Gasteiger charge is 2.21. The molecule has 10 heteroatoms. The van der Waals surface area contributed by atoms with E-state index in [1.807, 2.05) is 25.1 Å². The number of nitrogen functional groups attached to an aromatic ring is 1. The van der Waals surface area contributed by atoms with Crippen LogP contribution in [0.4, 0.5) is 11.1 Å². The number of anilines is 2. The first-order valence-corrected chi connectivity index (χ1v) is 9.15. The number of carbonyl (C=O) groups is 1. The van der Waals surface area contributed by atoms with Gasteiger partial charge in [0.25, 0.3) is 0 Å². The predicted molar refractivity (Wildman–Crippen MR) is 99.0 cm³/mol. The lowest BCUT2D eigenvalue weighted by molar-refractivity contribution is -0.115. The second kappa shape index (κ2) is 7.62. The summed E-state index contributed by atoms with van der Waals surface area (Å²) in [7, 11) is 1.61. The number of thiazole rings is 1. The number of amides is 1. The summed E-state index contributed by atoms with van der Waals surface area (Å²) < 4.78 is 6.15. The number of methoxy groups -OCH3 is 1. The Morgan fingerprint density at radius 1 is 1.40 bits per heavy atom. The normalized spacial score (nSPS) is 12.1. The van der Waals surface area contributed by atoms with Gasteiger partial charge >= 0.3 is 0 Å². The van der Waals surface area contributed by atoms with Crippen LogP contribution in [-0.4, -0.2) is 38.2 Å². The Morgan fingerprint density at radius 2 is 2.24 bits per heavy atom. The molecule has 1 amide bonds. The molecule has 3 N–H and O–H groups in total. The maximum absolute atomic E-state index is 12.5. The molecular weight excluding hydrogens is 360 g/mol. The second-order valence-corrected chi connectivity index (χ2v) is 7.18. The Balaban J connectivity index is 1.73. The molecule has 130 valence electrons. The zero-order chi connectivity index (χ0) is 17.8. The minimum atomic E-state index is -0.358. The van der Waals surface area contributed by atoms with Gasteiger partial charge in [0.1, 0.15) is 12.1 Å². The molecule has 0 aliphatic rings. The van der Waals surface area contributed by atoms with Crippen LogP contribution in [0.2, 0.25) is 0 Å². The van der Waals surface area contributed by atoms with Crippen LogP contribution in [0, 0.1) is 0 Å². The van der Waals surface area contributed by atoms with Gasteiger partial charge in [0.15, 0.2) is 10.3 Å². The Hall–Kier alpha value is -2.46. The average Bonchev–Trinajstić information content (AvgIpc) is 3.00. The van der Waals surface area contributed by atoms with Crippen LogP contribution in [-0.2, 0) is 4.79 Å². The van der Waals surface area contributed by atoms with Gasteiger partial charge in [-0.05, 0) is 24.6 Å². The van der Waals surface area contributed by atoms with Crippen LogP contribution in [0.1, 0.15) is 13.3 Å². The summed E-state index contributed by atoms with van der Waals surface area (Å²) in [6.45, 7) is 1.92. The van der Waals surface area contributed by atoms with Crippen molar-refractivity contribution in [1.29, 1.82) is 0 Å². The van der Waals surface area contributed by atoms with Crippen molar-refractivity contribution in [3.05, 3.63) is 24.5 Å². The number of hydrogen-bond donors (Lipinski definition) is 2. The van der Waals surface area contributed by atoms with E-state index < -0.39 is 0 Å². The monoisotopic (exact) mass is 376 g/mol. The van der Waals surface area contributed by atoms with Gasteiger partial charge in [0.05, 0.1) is 22.6 Å². The summed E-state index contributed by atoms with van der Waals surface area (Å²) in [6.07, 6.45) is 1.94. The van der Waals surface area contributed by atoms with Gasteiger partial charge in [0.2, 0.25) is 11.9 Å². The number of benzene rings is 1. The highest BCUT2D eigenvalue weighted by molar-refractivity contribution is 8.00. The molecule has 0 fully saturated rings. The van der Waals surface area contributed by atoms with Crippen molar-refractivity contribution in [2.75, 3.05) is 18.2 Å². The summed E-state index contributed by atoms with van der Waals surface area (Å²) in [6, 6.07) is 5.59. The molecule has 3 rings (SSSR count). The molecule has 3 aromatic rings. The first-order valence-electron chi connectivity index (χ1n) is 7.45. The minimum absolute atomic E-state index is 0.132. The quantitative estimate of drug-likeness (QED) is 0.631. The number of hydrogen-bond acceptors (Lipinski definition) is 9. The molecule has 0 spiro atoms. The molecular formula is C15H16N6O2S2. The number of nitrogens with zero attached hydrogens (tertiary/aromatic N) is 4. The predicted octanol–water partition coefficient (Wildman–Crippen LogP) is 2.58. The van der Waals surface area contributed by atoms with E-state index in [1.54, 1.807) is 7.11 Å². The van der Waals surface area contributed by atoms with Crippen LogP contribution >= 0.6 is 23.1 Å². The number of carbonyl (C=O) groups excluding carboxylic acids is 1. The zero-order valence-corrected chi connectivity index (χ0v) is 15.2. The van der Waals surface area contributed by atoms with Gasteiger partial charge in [-0.3, -0.25) is 4.79 Å². The summed E-state index contributed by atoms with van der Waals surface area (Å²) in [5.41, 5.74) is 6.36. The number of aromatic nitrogens is 4. The molecule has 0 aliphatic heterocycles. The Labute approximate surface area is 152 Å². The van der Waals surface area contributed by atoms with E-state index in [9.17, 15) is 4.79 Å². The third-order valence-electron chi connectivity index (χ3n) is 3.31. The van der Waals surface area contributed by atoms with Crippen molar-refractivity contribution in [2.24, 2.45) is 0 Å². The second-order valence-electron chi connectivity index (χ2n) is 4.98. The van der Waals surface area contributed by atoms with E-state index in [2.05, 4.69) is 25.3 Å². The van der Waals surface area contributed by atoms with Crippen LogP contribution in [0.15, 0.2) is 29.7 Å². The fourth-order valence-corrected chi connectivity index (χ4v) is 3.81. The molecule has 0 saturated carbocycles. The standard InChI is InChI=1S/C15H16N6O2S2/c1-3-10(24-14-18-7-17-13(16)21-14)12(22)20-15-19-9-5-4-8(23-2)6-11(9)25-15/h4-7,10H,3H2,1-2H3,(H,19,20,22)(H2,16,17,18,21). The Morgan fingerprint density at radius 3 is 2.96 bits per heavy atom. The van der Waals surface area contributed by atoms with Crippen LogP contribution in [0.5, 0.6) is 5.75 Å². The van der Waals surface area contributed by atoms with Gasteiger partial charge in [-0.2, -0.15) is 4.98 Å². The molecule has 0 bridgehead atoms.